The van der Waals surface area contributed by atoms with Gasteiger partial charge < -0.3 is 14.9 Å². The van der Waals surface area contributed by atoms with Gasteiger partial charge in [0.25, 0.3) is 5.91 Å². The van der Waals surface area contributed by atoms with Gasteiger partial charge in [0.1, 0.15) is 16.2 Å². The number of nitrogens with one attached hydrogen (secondary N) is 1. The fraction of sp³-hybridized carbons (Fsp3) is 0.591. The molecule has 34 heavy (non-hydrogen) atoms. The number of nitrogens with zero attached hydrogens (tertiary/aromatic N) is 3. The van der Waals surface area contributed by atoms with Crippen molar-refractivity contribution in [1.29, 1.82) is 5.26 Å². The van der Waals surface area contributed by atoms with E-state index < -0.39 is 15.6 Å². The first kappa shape index (κ1) is 25.2. The van der Waals surface area contributed by atoms with Crippen molar-refractivity contribution in [2.24, 2.45) is 5.16 Å². The zero-order chi connectivity index (χ0) is 24.3. The number of halogens is 2. The maximum atomic E-state index is 13.1. The van der Waals surface area contributed by atoms with E-state index in [1.165, 1.54) is 22.5 Å². The third kappa shape index (κ3) is 5.34. The van der Waals surface area contributed by atoms with E-state index in [1.807, 2.05) is 0 Å². The number of amides is 1. The van der Waals surface area contributed by atoms with Crippen molar-refractivity contribution in [1.82, 2.24) is 9.62 Å². The Balaban J connectivity index is 1.36. The monoisotopic (exact) mass is 528 g/mol. The van der Waals surface area contributed by atoms with Crippen LogP contribution in [-0.2, 0) is 24.4 Å². The van der Waals surface area contributed by atoms with Gasteiger partial charge in [-0.15, -0.1) is 0 Å². The summed E-state index contributed by atoms with van der Waals surface area (Å²) in [5, 5.41) is 16.3. The molecule has 0 radical (unpaired) electrons. The quantitative estimate of drug-likeness (QED) is 0.579. The molecule has 0 saturated carbocycles. The molecule has 9 nitrogen and oxygen atoms in total. The summed E-state index contributed by atoms with van der Waals surface area (Å²) < 4.78 is 33.2. The van der Waals surface area contributed by atoms with Crippen molar-refractivity contribution < 1.29 is 22.8 Å². The highest BCUT2D eigenvalue weighted by atomic mass is 35.5. The van der Waals surface area contributed by atoms with Gasteiger partial charge in [0.15, 0.2) is 0 Å². The lowest BCUT2D eigenvalue weighted by molar-refractivity contribution is -0.116. The van der Waals surface area contributed by atoms with E-state index in [9.17, 15) is 13.2 Å². The highest BCUT2D eigenvalue weighted by molar-refractivity contribution is 7.89. The van der Waals surface area contributed by atoms with Crippen molar-refractivity contribution in [3.63, 3.8) is 0 Å². The molecule has 0 aliphatic carbocycles. The molecular formula is C22H26Cl2N4O5S. The molecule has 0 bridgehead atoms. The molecule has 3 aliphatic heterocycles. The largest absolute Gasteiger partial charge is 0.388 e. The number of hydrogen-bond donors (Lipinski definition) is 1. The fourth-order valence-corrected chi connectivity index (χ4v) is 6.78. The predicted molar refractivity (Wildman–Crippen MR) is 126 cm³/mol. The Hall–Kier alpha value is -1.90. The first-order chi connectivity index (χ1) is 16.2. The molecule has 12 heteroatoms. The molecule has 0 aromatic heterocycles. The van der Waals surface area contributed by atoms with Gasteiger partial charge in [-0.1, -0.05) is 28.4 Å². The molecule has 1 aromatic rings. The van der Waals surface area contributed by atoms with Crippen LogP contribution in [0.25, 0.3) is 0 Å². The summed E-state index contributed by atoms with van der Waals surface area (Å²) >= 11 is 12.1. The maximum Gasteiger partial charge on any atom is 0.269 e. The van der Waals surface area contributed by atoms with Crippen molar-refractivity contribution >= 4 is 44.8 Å². The van der Waals surface area contributed by atoms with Crippen molar-refractivity contribution in [3.8, 4) is 6.07 Å². The van der Waals surface area contributed by atoms with Crippen LogP contribution in [0.15, 0.2) is 28.3 Å². The molecule has 1 N–H and O–H groups in total. The van der Waals surface area contributed by atoms with Gasteiger partial charge in [0.2, 0.25) is 10.0 Å². The van der Waals surface area contributed by atoms with Crippen LogP contribution >= 0.6 is 23.2 Å². The van der Waals surface area contributed by atoms with Crippen LogP contribution in [-0.4, -0.2) is 61.8 Å². The minimum absolute atomic E-state index is 0.0289. The van der Waals surface area contributed by atoms with Crippen molar-refractivity contribution in [3.05, 3.63) is 28.2 Å². The minimum Gasteiger partial charge on any atom is -0.388 e. The topological polar surface area (TPSA) is 121 Å². The highest BCUT2D eigenvalue weighted by Gasteiger charge is 2.46. The summed E-state index contributed by atoms with van der Waals surface area (Å²) in [6.07, 6.45) is 3.54. The molecular weight excluding hydrogens is 503 g/mol. The molecule has 184 valence electrons. The van der Waals surface area contributed by atoms with E-state index in [2.05, 4.69) is 16.5 Å². The lowest BCUT2D eigenvalue weighted by atomic mass is 9.87. The smallest absolute Gasteiger partial charge is 0.269 e. The Morgan fingerprint density at radius 3 is 2.79 bits per heavy atom. The van der Waals surface area contributed by atoms with Crippen LogP contribution in [0.2, 0.25) is 10.0 Å². The van der Waals surface area contributed by atoms with Crippen LogP contribution in [0.5, 0.6) is 0 Å². The van der Waals surface area contributed by atoms with E-state index in [1.54, 1.807) is 0 Å². The average molecular weight is 529 g/mol. The van der Waals surface area contributed by atoms with Gasteiger partial charge >= 0.3 is 0 Å². The number of oxime groups is 1. The second kappa shape index (κ2) is 10.4. The van der Waals surface area contributed by atoms with E-state index in [-0.39, 0.29) is 51.8 Å². The second-order valence-electron chi connectivity index (χ2n) is 8.80. The normalized spacial score (nSPS) is 23.2. The Morgan fingerprint density at radius 2 is 2.12 bits per heavy atom. The number of sulfonamides is 1. The summed E-state index contributed by atoms with van der Waals surface area (Å²) in [5.41, 5.74) is -0.447. The van der Waals surface area contributed by atoms with Gasteiger partial charge in [0, 0.05) is 50.4 Å². The highest BCUT2D eigenvalue weighted by Crippen LogP contribution is 2.37. The second-order valence-corrected chi connectivity index (χ2v) is 11.5. The molecule has 2 unspecified atom stereocenters. The lowest BCUT2D eigenvalue weighted by Gasteiger charge is -2.36. The third-order valence-corrected chi connectivity index (χ3v) is 9.16. The third-order valence-electron chi connectivity index (χ3n) is 6.54. The van der Waals surface area contributed by atoms with Crippen LogP contribution < -0.4 is 5.32 Å². The van der Waals surface area contributed by atoms with E-state index in [0.29, 0.717) is 38.7 Å². The molecule has 2 fully saturated rings. The molecule has 2 saturated heterocycles. The van der Waals surface area contributed by atoms with Crippen molar-refractivity contribution in [2.75, 3.05) is 19.7 Å². The van der Waals surface area contributed by atoms with E-state index in [0.717, 1.165) is 12.8 Å². The number of nitriles is 1. The first-order valence-corrected chi connectivity index (χ1v) is 13.4. The molecule has 3 heterocycles. The van der Waals surface area contributed by atoms with E-state index >= 15 is 0 Å². The summed E-state index contributed by atoms with van der Waals surface area (Å²) in [5.74, 6) is -0.337. The Labute approximate surface area is 209 Å². The number of rotatable bonds is 7. The van der Waals surface area contributed by atoms with Gasteiger partial charge in [-0.2, -0.15) is 9.57 Å². The predicted octanol–water partition coefficient (Wildman–Crippen LogP) is 3.26. The molecule has 1 aromatic carbocycles. The summed E-state index contributed by atoms with van der Waals surface area (Å²) in [6, 6.07) is 6.19. The van der Waals surface area contributed by atoms with E-state index in [4.69, 9.17) is 38.0 Å². The molecule has 3 aliphatic rings. The Morgan fingerprint density at radius 1 is 1.35 bits per heavy atom. The molecule has 1 spiro atoms. The lowest BCUT2D eigenvalue weighted by Crippen LogP contribution is -2.48. The van der Waals surface area contributed by atoms with Crippen LogP contribution in [0.4, 0.5) is 0 Å². The van der Waals surface area contributed by atoms with Gasteiger partial charge in [0.05, 0.1) is 23.2 Å². The average Bonchev–Trinajstić information content (AvgIpc) is 3.49. The number of carbonyl (C=O) groups is 1. The molecule has 2 atom stereocenters. The number of ether oxygens (including phenoxy) is 1. The molecule has 1 amide bonds. The van der Waals surface area contributed by atoms with Crippen molar-refractivity contribution in [2.45, 2.75) is 67.6 Å². The molecule has 4 rings (SSSR count). The zero-order valence-electron chi connectivity index (χ0n) is 18.5. The fourth-order valence-electron chi connectivity index (χ4n) is 4.60. The van der Waals surface area contributed by atoms with Gasteiger partial charge in [-0.3, -0.25) is 4.79 Å². The number of piperidine rings is 1. The van der Waals surface area contributed by atoms with Gasteiger partial charge in [-0.25, -0.2) is 8.42 Å². The Kier molecular flexibility index (Phi) is 7.69. The number of benzene rings is 1. The first-order valence-electron chi connectivity index (χ1n) is 11.2. The number of carbonyl (C=O) groups excluding carboxylic acids is 1. The zero-order valence-corrected chi connectivity index (χ0v) is 20.8. The minimum atomic E-state index is -3.82. The SMILES string of the molecule is N#CCCC(NC(=O)C1=NOC2(CCN(S(=O)(=O)c3cc(Cl)ccc3Cl)CC2)C1)C1CCCO1. The summed E-state index contributed by atoms with van der Waals surface area (Å²) in [4.78, 5) is 18.5. The summed E-state index contributed by atoms with van der Waals surface area (Å²) in [6.45, 7) is 1.06. The van der Waals surface area contributed by atoms with Crippen LogP contribution in [0.3, 0.4) is 0 Å². The standard InChI is InChI=1S/C22H26Cl2N4O5S/c23-15-5-6-16(24)20(13-15)34(30,31)28-10-7-22(8-11-28)14-18(27-33-22)21(29)26-17(3-1-9-25)19-4-2-12-32-19/h5-6,13,17,19H,1-4,7-8,10-12,14H2,(H,26,29). The van der Waals surface area contributed by atoms with Gasteiger partial charge in [-0.05, 0) is 37.5 Å². The van der Waals surface area contributed by atoms with Crippen LogP contribution in [0.1, 0.15) is 44.9 Å². The maximum absolute atomic E-state index is 13.1. The summed E-state index contributed by atoms with van der Waals surface area (Å²) in [7, 11) is -3.82. The Bertz CT molecular complexity index is 1110. The number of hydrogen-bond acceptors (Lipinski definition) is 7. The van der Waals surface area contributed by atoms with Crippen LogP contribution in [0, 0.1) is 11.3 Å².